The number of piperazine rings is 1. The molecule has 3 aliphatic rings. The summed E-state index contributed by atoms with van der Waals surface area (Å²) in [5.41, 5.74) is -0.225. The third-order valence-corrected chi connectivity index (χ3v) is 4.14. The third kappa shape index (κ3) is 1.42. The predicted octanol–water partition coefficient (Wildman–Crippen LogP) is 1.52. The van der Waals surface area contributed by atoms with Crippen LogP contribution >= 0.6 is 0 Å². The quantitative estimate of drug-likeness (QED) is 0.640. The number of amides is 1. The second kappa shape index (κ2) is 3.11. The number of nitrogens with zero attached hydrogens (tertiary/aromatic N) is 1. The first kappa shape index (κ1) is 10.7. The molecule has 0 saturated carbocycles. The van der Waals surface area contributed by atoms with E-state index in [1.54, 1.807) is 4.90 Å². The van der Waals surface area contributed by atoms with E-state index >= 15 is 0 Å². The average Bonchev–Trinajstić information content (AvgIpc) is 2.17. The molecule has 1 amide bonds. The number of rotatable bonds is 0. The highest BCUT2D eigenvalue weighted by molar-refractivity contribution is 5.67. The van der Waals surface area contributed by atoms with Crippen LogP contribution in [0.25, 0.3) is 0 Å². The standard InChI is InChI=1S/C11H20N2O2/c1-10(2,3)11-5-4-8(12-7-11)6-13(11)9(14)15/h8,12H,4-7H2,1-3H3,(H,14,15). The van der Waals surface area contributed by atoms with Crippen LogP contribution in [0.4, 0.5) is 4.79 Å². The lowest BCUT2D eigenvalue weighted by atomic mass is 9.65. The van der Waals surface area contributed by atoms with E-state index in [1.807, 2.05) is 0 Å². The van der Waals surface area contributed by atoms with Gasteiger partial charge in [-0.05, 0) is 18.3 Å². The monoisotopic (exact) mass is 212 g/mol. The molecule has 2 atom stereocenters. The first-order valence-electron chi connectivity index (χ1n) is 5.61. The van der Waals surface area contributed by atoms with Crippen LogP contribution in [0.5, 0.6) is 0 Å². The molecule has 2 unspecified atom stereocenters. The maximum atomic E-state index is 11.3. The number of carboxylic acid groups (broad SMARTS) is 1. The highest BCUT2D eigenvalue weighted by Crippen LogP contribution is 2.44. The summed E-state index contributed by atoms with van der Waals surface area (Å²) in [7, 11) is 0. The van der Waals surface area contributed by atoms with Gasteiger partial charge in [-0.1, -0.05) is 20.8 Å². The van der Waals surface area contributed by atoms with E-state index in [1.165, 1.54) is 0 Å². The molecule has 0 aromatic rings. The van der Waals surface area contributed by atoms with E-state index < -0.39 is 6.09 Å². The summed E-state index contributed by atoms with van der Waals surface area (Å²) >= 11 is 0. The van der Waals surface area contributed by atoms with Gasteiger partial charge >= 0.3 is 6.09 Å². The lowest BCUT2D eigenvalue weighted by molar-refractivity contribution is -0.0633. The molecule has 15 heavy (non-hydrogen) atoms. The van der Waals surface area contributed by atoms with Crippen molar-refractivity contribution in [1.29, 1.82) is 0 Å². The fourth-order valence-electron chi connectivity index (χ4n) is 3.00. The lowest BCUT2D eigenvalue weighted by Gasteiger charge is -2.59. The van der Waals surface area contributed by atoms with Gasteiger partial charge in [-0.15, -0.1) is 0 Å². The summed E-state index contributed by atoms with van der Waals surface area (Å²) < 4.78 is 0. The van der Waals surface area contributed by atoms with Gasteiger partial charge in [0.1, 0.15) is 0 Å². The lowest BCUT2D eigenvalue weighted by Crippen LogP contribution is -2.74. The van der Waals surface area contributed by atoms with Crippen molar-refractivity contribution < 1.29 is 9.90 Å². The Hall–Kier alpha value is -0.770. The SMILES string of the molecule is CC(C)(C)C12CCC(CN1C(=O)O)NC2. The van der Waals surface area contributed by atoms with Crippen molar-refractivity contribution in [3.63, 3.8) is 0 Å². The topological polar surface area (TPSA) is 52.6 Å². The van der Waals surface area contributed by atoms with Crippen LogP contribution in [-0.2, 0) is 0 Å². The number of hydrogen-bond donors (Lipinski definition) is 2. The van der Waals surface area contributed by atoms with Crippen molar-refractivity contribution in [2.75, 3.05) is 13.1 Å². The molecule has 2 N–H and O–H groups in total. The molecule has 0 radical (unpaired) electrons. The first-order valence-corrected chi connectivity index (χ1v) is 5.61. The fourth-order valence-corrected chi connectivity index (χ4v) is 3.00. The molecular formula is C11H20N2O2. The Morgan fingerprint density at radius 3 is 2.53 bits per heavy atom. The molecule has 3 saturated heterocycles. The molecule has 3 aliphatic heterocycles. The van der Waals surface area contributed by atoms with E-state index in [4.69, 9.17) is 0 Å². The molecule has 3 fully saturated rings. The molecule has 0 aromatic heterocycles. The van der Waals surface area contributed by atoms with Gasteiger partial charge in [-0.3, -0.25) is 4.90 Å². The zero-order chi connectivity index (χ0) is 11.3. The van der Waals surface area contributed by atoms with E-state index in [9.17, 15) is 9.90 Å². The fraction of sp³-hybridized carbons (Fsp3) is 0.909. The molecule has 3 heterocycles. The Labute approximate surface area is 90.6 Å². The summed E-state index contributed by atoms with van der Waals surface area (Å²) in [6.45, 7) is 7.85. The van der Waals surface area contributed by atoms with Gasteiger partial charge in [0.2, 0.25) is 0 Å². The zero-order valence-corrected chi connectivity index (χ0v) is 9.71. The summed E-state index contributed by atoms with van der Waals surface area (Å²) in [6.07, 6.45) is 1.32. The molecule has 2 bridgehead atoms. The number of hydrogen-bond acceptors (Lipinski definition) is 2. The first-order chi connectivity index (χ1) is 6.87. The largest absolute Gasteiger partial charge is 0.465 e. The van der Waals surface area contributed by atoms with Crippen LogP contribution < -0.4 is 5.32 Å². The molecule has 4 heteroatoms. The Morgan fingerprint density at radius 2 is 2.20 bits per heavy atom. The van der Waals surface area contributed by atoms with E-state index in [2.05, 4.69) is 26.1 Å². The molecule has 0 spiro atoms. The smallest absolute Gasteiger partial charge is 0.407 e. The van der Waals surface area contributed by atoms with E-state index in [0.29, 0.717) is 12.6 Å². The van der Waals surface area contributed by atoms with Crippen molar-refractivity contribution in [3.8, 4) is 0 Å². The molecule has 86 valence electrons. The molecule has 0 aliphatic carbocycles. The highest BCUT2D eigenvalue weighted by atomic mass is 16.4. The van der Waals surface area contributed by atoms with Gasteiger partial charge in [0.05, 0.1) is 5.54 Å². The van der Waals surface area contributed by atoms with E-state index in [-0.39, 0.29) is 11.0 Å². The molecule has 4 nitrogen and oxygen atoms in total. The summed E-state index contributed by atoms with van der Waals surface area (Å²) in [5, 5.41) is 12.7. The summed E-state index contributed by atoms with van der Waals surface area (Å²) in [4.78, 5) is 13.0. The van der Waals surface area contributed by atoms with Crippen LogP contribution in [-0.4, -0.2) is 40.8 Å². The Balaban J connectivity index is 2.36. The number of carbonyl (C=O) groups is 1. The highest BCUT2D eigenvalue weighted by Gasteiger charge is 2.54. The second-order valence-corrected chi connectivity index (χ2v) is 5.79. The van der Waals surface area contributed by atoms with Gasteiger partial charge < -0.3 is 10.4 Å². The maximum absolute atomic E-state index is 11.3. The van der Waals surface area contributed by atoms with Crippen LogP contribution in [0.3, 0.4) is 0 Å². The van der Waals surface area contributed by atoms with Crippen molar-refractivity contribution in [1.82, 2.24) is 10.2 Å². The minimum absolute atomic E-state index is 0.0101. The molecular weight excluding hydrogens is 192 g/mol. The Kier molecular flexibility index (Phi) is 2.23. The number of piperidine rings is 2. The van der Waals surface area contributed by atoms with Gasteiger partial charge in [-0.2, -0.15) is 0 Å². The molecule has 0 aromatic carbocycles. The van der Waals surface area contributed by atoms with Crippen LogP contribution in [0.1, 0.15) is 33.6 Å². The minimum Gasteiger partial charge on any atom is -0.465 e. The normalized spacial score (nSPS) is 35.7. The van der Waals surface area contributed by atoms with Gasteiger partial charge in [0.15, 0.2) is 0 Å². The van der Waals surface area contributed by atoms with Crippen molar-refractivity contribution >= 4 is 6.09 Å². The summed E-state index contributed by atoms with van der Waals surface area (Å²) in [6, 6.07) is 0.366. The summed E-state index contributed by atoms with van der Waals surface area (Å²) in [5.74, 6) is 0. The van der Waals surface area contributed by atoms with Gasteiger partial charge in [0, 0.05) is 19.1 Å². The van der Waals surface area contributed by atoms with Gasteiger partial charge in [0.25, 0.3) is 0 Å². The number of nitrogens with one attached hydrogen (secondary N) is 1. The Morgan fingerprint density at radius 1 is 1.53 bits per heavy atom. The number of fused-ring (bicyclic) bond motifs is 3. The van der Waals surface area contributed by atoms with Crippen molar-refractivity contribution in [3.05, 3.63) is 0 Å². The Bertz CT molecular complexity index is 275. The van der Waals surface area contributed by atoms with Crippen LogP contribution in [0.2, 0.25) is 0 Å². The van der Waals surface area contributed by atoms with Gasteiger partial charge in [-0.25, -0.2) is 4.79 Å². The van der Waals surface area contributed by atoms with Crippen molar-refractivity contribution in [2.45, 2.75) is 45.2 Å². The predicted molar refractivity (Wildman–Crippen MR) is 57.9 cm³/mol. The second-order valence-electron chi connectivity index (χ2n) is 5.79. The van der Waals surface area contributed by atoms with Crippen molar-refractivity contribution in [2.24, 2.45) is 5.41 Å². The molecule has 3 rings (SSSR count). The van der Waals surface area contributed by atoms with Crippen LogP contribution in [0.15, 0.2) is 0 Å². The average molecular weight is 212 g/mol. The minimum atomic E-state index is -0.767. The van der Waals surface area contributed by atoms with E-state index in [0.717, 1.165) is 19.4 Å². The zero-order valence-electron chi connectivity index (χ0n) is 9.71. The van der Waals surface area contributed by atoms with Crippen LogP contribution in [0, 0.1) is 5.41 Å². The maximum Gasteiger partial charge on any atom is 0.407 e. The third-order valence-electron chi connectivity index (χ3n) is 4.14.